The largest absolute Gasteiger partial charge is 0.361 e. The van der Waals surface area contributed by atoms with Gasteiger partial charge in [-0.15, -0.1) is 0 Å². The second-order valence-corrected chi connectivity index (χ2v) is 9.04. The summed E-state index contributed by atoms with van der Waals surface area (Å²) in [5.41, 5.74) is 9.17. The first-order chi connectivity index (χ1) is 15.1. The van der Waals surface area contributed by atoms with Crippen LogP contribution in [0, 0.1) is 19.8 Å². The van der Waals surface area contributed by atoms with E-state index in [1.807, 2.05) is 20.0 Å². The molecule has 0 amide bonds. The van der Waals surface area contributed by atoms with Crippen LogP contribution in [0.25, 0.3) is 33.3 Å². The third-order valence-electron chi connectivity index (χ3n) is 6.89. The average Bonchev–Trinajstić information content (AvgIpc) is 3.33. The zero-order valence-corrected chi connectivity index (χ0v) is 18.8. The van der Waals surface area contributed by atoms with Crippen LogP contribution in [0.3, 0.4) is 0 Å². The van der Waals surface area contributed by atoms with Crippen molar-refractivity contribution in [2.45, 2.75) is 65.8 Å². The normalized spacial score (nSPS) is 15.1. The van der Waals surface area contributed by atoms with Gasteiger partial charge in [0.2, 0.25) is 0 Å². The highest BCUT2D eigenvalue weighted by atomic mass is 16.5. The van der Waals surface area contributed by atoms with Gasteiger partial charge in [-0.25, -0.2) is 0 Å². The molecule has 1 aliphatic carbocycles. The predicted molar refractivity (Wildman–Crippen MR) is 126 cm³/mol. The van der Waals surface area contributed by atoms with Crippen molar-refractivity contribution in [3.05, 3.63) is 59.7 Å². The number of benzene rings is 1. The highest BCUT2D eigenvalue weighted by Gasteiger charge is 2.20. The maximum absolute atomic E-state index is 5.43. The minimum atomic E-state index is 0.752. The first kappa shape index (κ1) is 20.0. The molecule has 160 valence electrons. The van der Waals surface area contributed by atoms with E-state index in [0.29, 0.717) is 0 Å². The molecule has 3 aromatic heterocycles. The predicted octanol–water partition coefficient (Wildman–Crippen LogP) is 7.12. The molecule has 0 bridgehead atoms. The lowest BCUT2D eigenvalue weighted by atomic mass is 9.89. The number of aromatic nitrogens is 3. The van der Waals surface area contributed by atoms with E-state index in [1.54, 1.807) is 0 Å². The van der Waals surface area contributed by atoms with Crippen LogP contribution < -0.4 is 0 Å². The first-order valence-electron chi connectivity index (χ1n) is 11.7. The molecule has 0 aliphatic heterocycles. The summed E-state index contributed by atoms with van der Waals surface area (Å²) in [6, 6.07) is 11.2. The topological polar surface area (TPSA) is 43.9 Å². The lowest BCUT2D eigenvalue weighted by Gasteiger charge is -2.22. The van der Waals surface area contributed by atoms with E-state index in [1.165, 1.54) is 54.3 Å². The van der Waals surface area contributed by atoms with Crippen LogP contribution in [0.2, 0.25) is 0 Å². The Morgan fingerprint density at radius 2 is 1.81 bits per heavy atom. The number of rotatable bonds is 5. The second kappa shape index (κ2) is 8.33. The summed E-state index contributed by atoms with van der Waals surface area (Å²) in [7, 11) is 0. The number of hydrogen-bond acceptors (Lipinski definition) is 3. The van der Waals surface area contributed by atoms with Gasteiger partial charge in [-0.2, -0.15) is 0 Å². The SMILES string of the molecule is CCc1ccc(-c2cn(CC3CCCCC3)c3cc(-c4c(C)noc4C)cnc23)cc1. The third kappa shape index (κ3) is 3.80. The van der Waals surface area contributed by atoms with Gasteiger partial charge in [0.15, 0.2) is 0 Å². The molecule has 31 heavy (non-hydrogen) atoms. The van der Waals surface area contributed by atoms with Crippen LogP contribution in [0.4, 0.5) is 0 Å². The Balaban J connectivity index is 1.63. The summed E-state index contributed by atoms with van der Waals surface area (Å²) in [5.74, 6) is 1.60. The molecule has 0 N–H and O–H groups in total. The fourth-order valence-corrected chi connectivity index (χ4v) is 5.13. The van der Waals surface area contributed by atoms with Crippen LogP contribution in [0.5, 0.6) is 0 Å². The summed E-state index contributed by atoms with van der Waals surface area (Å²) >= 11 is 0. The van der Waals surface area contributed by atoms with E-state index in [-0.39, 0.29) is 0 Å². The molecule has 0 spiro atoms. The molecule has 0 radical (unpaired) electrons. The first-order valence-corrected chi connectivity index (χ1v) is 11.7. The van der Waals surface area contributed by atoms with E-state index < -0.39 is 0 Å². The molecule has 4 nitrogen and oxygen atoms in total. The van der Waals surface area contributed by atoms with Crippen LogP contribution in [-0.4, -0.2) is 14.7 Å². The Morgan fingerprint density at radius 3 is 2.48 bits per heavy atom. The third-order valence-corrected chi connectivity index (χ3v) is 6.89. The summed E-state index contributed by atoms with van der Waals surface area (Å²) in [5, 5.41) is 4.15. The maximum Gasteiger partial charge on any atom is 0.141 e. The number of nitrogens with zero attached hydrogens (tertiary/aromatic N) is 3. The minimum absolute atomic E-state index is 0.752. The van der Waals surface area contributed by atoms with Gasteiger partial charge in [-0.3, -0.25) is 4.98 Å². The number of fused-ring (bicyclic) bond motifs is 1. The number of hydrogen-bond donors (Lipinski definition) is 0. The molecule has 1 fully saturated rings. The van der Waals surface area contributed by atoms with Crippen molar-refractivity contribution in [3.8, 4) is 22.3 Å². The van der Waals surface area contributed by atoms with Gasteiger partial charge in [0, 0.05) is 35.6 Å². The van der Waals surface area contributed by atoms with Gasteiger partial charge in [0.25, 0.3) is 0 Å². The molecule has 0 atom stereocenters. The molecular formula is C27H31N3O. The molecule has 4 heteroatoms. The van der Waals surface area contributed by atoms with E-state index in [0.717, 1.165) is 47.0 Å². The van der Waals surface area contributed by atoms with Gasteiger partial charge < -0.3 is 9.09 Å². The minimum Gasteiger partial charge on any atom is -0.361 e. The van der Waals surface area contributed by atoms with E-state index in [4.69, 9.17) is 9.51 Å². The van der Waals surface area contributed by atoms with E-state index in [9.17, 15) is 0 Å². The fraction of sp³-hybridized carbons (Fsp3) is 0.407. The fourth-order valence-electron chi connectivity index (χ4n) is 5.13. The lowest BCUT2D eigenvalue weighted by molar-refractivity contribution is 0.323. The molecule has 1 saturated carbocycles. The van der Waals surface area contributed by atoms with Gasteiger partial charge in [-0.1, -0.05) is 55.6 Å². The maximum atomic E-state index is 5.43. The monoisotopic (exact) mass is 413 g/mol. The molecular weight excluding hydrogens is 382 g/mol. The lowest BCUT2D eigenvalue weighted by Crippen LogP contribution is -2.13. The number of aryl methyl sites for hydroxylation is 3. The van der Waals surface area contributed by atoms with Crippen molar-refractivity contribution in [1.82, 2.24) is 14.7 Å². The van der Waals surface area contributed by atoms with Crippen molar-refractivity contribution in [1.29, 1.82) is 0 Å². The van der Waals surface area contributed by atoms with Crippen molar-refractivity contribution in [2.75, 3.05) is 0 Å². The standard InChI is InChI=1S/C27H31N3O/c1-4-20-10-12-22(13-11-20)24-17-30(16-21-8-6-5-7-9-21)25-14-23(15-28-27(24)25)26-18(2)29-31-19(26)3/h10-15,17,21H,4-9,16H2,1-3H3. The zero-order valence-electron chi connectivity index (χ0n) is 18.8. The summed E-state index contributed by atoms with van der Waals surface area (Å²) in [6.45, 7) is 7.23. The van der Waals surface area contributed by atoms with Crippen LogP contribution in [-0.2, 0) is 13.0 Å². The van der Waals surface area contributed by atoms with Gasteiger partial charge >= 0.3 is 0 Å². The Labute approximate surface area is 184 Å². The second-order valence-electron chi connectivity index (χ2n) is 9.04. The highest BCUT2D eigenvalue weighted by Crippen LogP contribution is 2.35. The average molecular weight is 414 g/mol. The molecule has 3 heterocycles. The molecule has 1 aliphatic rings. The Hall–Kier alpha value is -2.88. The van der Waals surface area contributed by atoms with Crippen LogP contribution in [0.15, 0.2) is 47.2 Å². The summed E-state index contributed by atoms with van der Waals surface area (Å²) in [6.07, 6.45) is 12.1. The van der Waals surface area contributed by atoms with Gasteiger partial charge in [-0.05, 0) is 56.2 Å². The molecule has 1 aromatic carbocycles. The molecule has 0 unspecified atom stereocenters. The Morgan fingerprint density at radius 1 is 1.03 bits per heavy atom. The van der Waals surface area contributed by atoms with Gasteiger partial charge in [0.05, 0.1) is 16.7 Å². The van der Waals surface area contributed by atoms with Crippen LogP contribution >= 0.6 is 0 Å². The Bertz CT molecular complexity index is 1170. The van der Waals surface area contributed by atoms with Crippen LogP contribution in [0.1, 0.15) is 56.0 Å². The van der Waals surface area contributed by atoms with Crippen molar-refractivity contribution < 1.29 is 4.52 Å². The molecule has 4 aromatic rings. The van der Waals surface area contributed by atoms with E-state index in [2.05, 4.69) is 53.2 Å². The number of pyridine rings is 1. The summed E-state index contributed by atoms with van der Waals surface area (Å²) < 4.78 is 7.87. The molecule has 0 saturated heterocycles. The quantitative estimate of drug-likeness (QED) is 0.350. The smallest absolute Gasteiger partial charge is 0.141 e. The van der Waals surface area contributed by atoms with Crippen molar-refractivity contribution >= 4 is 11.0 Å². The summed E-state index contributed by atoms with van der Waals surface area (Å²) in [4.78, 5) is 4.96. The van der Waals surface area contributed by atoms with E-state index >= 15 is 0 Å². The molecule has 5 rings (SSSR count). The van der Waals surface area contributed by atoms with Crippen molar-refractivity contribution in [2.24, 2.45) is 5.92 Å². The van der Waals surface area contributed by atoms with Crippen molar-refractivity contribution in [3.63, 3.8) is 0 Å². The van der Waals surface area contributed by atoms with Gasteiger partial charge in [0.1, 0.15) is 5.76 Å². The zero-order chi connectivity index (χ0) is 21.4. The highest BCUT2D eigenvalue weighted by molar-refractivity contribution is 5.95. The Kier molecular flexibility index (Phi) is 5.39.